The van der Waals surface area contributed by atoms with Gasteiger partial charge in [-0.05, 0) is 41.5 Å². The van der Waals surface area contributed by atoms with E-state index in [4.69, 9.17) is 4.74 Å². The largest absolute Gasteiger partial charge is 0.496 e. The normalized spacial score (nSPS) is 10.2. The first-order chi connectivity index (χ1) is 10.8. The minimum Gasteiger partial charge on any atom is -0.496 e. The smallest absolute Gasteiger partial charge is 0.128 e. The average Bonchev–Trinajstić information content (AvgIpc) is 2.62. The number of ether oxygens (including phenoxy) is 1. The van der Waals surface area contributed by atoms with E-state index in [0.717, 1.165) is 33.8 Å². The van der Waals surface area contributed by atoms with Crippen LogP contribution in [0, 0.1) is 0 Å². The second-order valence-corrected chi connectivity index (χ2v) is 4.94. The zero-order chi connectivity index (χ0) is 15.4. The molecular formula is C20H17NO. The quantitative estimate of drug-likeness (QED) is 0.668. The van der Waals surface area contributed by atoms with E-state index in [-0.39, 0.29) is 0 Å². The lowest BCUT2D eigenvalue weighted by Crippen LogP contribution is -1.93. The van der Waals surface area contributed by atoms with Gasteiger partial charge in [-0.25, -0.2) is 4.98 Å². The molecule has 0 unspecified atom stereocenters. The third kappa shape index (κ3) is 2.77. The number of aromatic nitrogens is 1. The molecule has 2 aromatic carbocycles. The fraction of sp³-hybridized carbons (Fsp3) is 0.0500. The molecule has 1 heterocycles. The summed E-state index contributed by atoms with van der Waals surface area (Å²) in [7, 11) is 1.67. The van der Waals surface area contributed by atoms with Gasteiger partial charge >= 0.3 is 0 Å². The molecule has 3 rings (SSSR count). The molecule has 0 amide bonds. The first-order valence-electron chi connectivity index (χ1n) is 7.15. The van der Waals surface area contributed by atoms with Crippen molar-refractivity contribution < 1.29 is 4.74 Å². The number of nitrogens with zero attached hydrogens (tertiary/aromatic N) is 1. The van der Waals surface area contributed by atoms with Crippen molar-refractivity contribution in [2.45, 2.75) is 0 Å². The summed E-state index contributed by atoms with van der Waals surface area (Å²) in [5.41, 5.74) is 4.98. The van der Waals surface area contributed by atoms with Crippen molar-refractivity contribution in [2.75, 3.05) is 7.11 Å². The Morgan fingerprint density at radius 3 is 2.36 bits per heavy atom. The Hall–Kier alpha value is -2.87. The Bertz CT molecular complexity index is 794. The summed E-state index contributed by atoms with van der Waals surface area (Å²) in [6.07, 6.45) is 1.77. The van der Waals surface area contributed by atoms with Crippen LogP contribution in [0.3, 0.4) is 0 Å². The molecule has 0 aliphatic carbocycles. The van der Waals surface area contributed by atoms with Crippen molar-refractivity contribution in [3.05, 3.63) is 79.0 Å². The van der Waals surface area contributed by atoms with Gasteiger partial charge in [-0.15, -0.1) is 0 Å². The van der Waals surface area contributed by atoms with Gasteiger partial charge in [0.2, 0.25) is 0 Å². The Balaban J connectivity index is 2.18. The minimum absolute atomic E-state index is 0.815. The van der Waals surface area contributed by atoms with E-state index in [2.05, 4.69) is 29.8 Å². The molecule has 0 N–H and O–H groups in total. The number of methoxy groups -OCH3 is 1. The number of hydrogen-bond donors (Lipinski definition) is 0. The molecule has 0 saturated heterocycles. The molecule has 1 aromatic heterocycles. The molecule has 0 fully saturated rings. The van der Waals surface area contributed by atoms with Gasteiger partial charge in [-0.3, -0.25) is 0 Å². The Labute approximate surface area is 130 Å². The second kappa shape index (κ2) is 6.27. The second-order valence-electron chi connectivity index (χ2n) is 4.94. The SMILES string of the molecule is C=Cc1cc(-c2ccccc2)cc(-c2ccccc2OC)n1. The predicted molar refractivity (Wildman–Crippen MR) is 91.8 cm³/mol. The molecule has 0 aliphatic rings. The van der Waals surface area contributed by atoms with E-state index in [0.29, 0.717) is 0 Å². The Morgan fingerprint density at radius 1 is 0.909 bits per heavy atom. The molecule has 3 aromatic rings. The highest BCUT2D eigenvalue weighted by molar-refractivity contribution is 5.75. The van der Waals surface area contributed by atoms with Crippen LogP contribution in [0.5, 0.6) is 5.75 Å². The lowest BCUT2D eigenvalue weighted by atomic mass is 10.0. The summed E-state index contributed by atoms with van der Waals surface area (Å²) in [6.45, 7) is 3.85. The van der Waals surface area contributed by atoms with Gasteiger partial charge in [0.15, 0.2) is 0 Å². The summed E-state index contributed by atoms with van der Waals surface area (Å²) in [4.78, 5) is 4.66. The molecular weight excluding hydrogens is 270 g/mol. The predicted octanol–water partition coefficient (Wildman–Crippen LogP) is 5.07. The zero-order valence-corrected chi connectivity index (χ0v) is 12.5. The first-order valence-corrected chi connectivity index (χ1v) is 7.15. The van der Waals surface area contributed by atoms with E-state index in [9.17, 15) is 0 Å². The van der Waals surface area contributed by atoms with Crippen LogP contribution in [0.1, 0.15) is 5.69 Å². The van der Waals surface area contributed by atoms with Crippen molar-refractivity contribution in [3.8, 4) is 28.1 Å². The summed E-state index contributed by atoms with van der Waals surface area (Å²) < 4.78 is 5.45. The van der Waals surface area contributed by atoms with Gasteiger partial charge in [-0.1, -0.05) is 49.0 Å². The third-order valence-corrected chi connectivity index (χ3v) is 3.54. The van der Waals surface area contributed by atoms with Crippen molar-refractivity contribution in [1.29, 1.82) is 0 Å². The highest BCUT2D eigenvalue weighted by Gasteiger charge is 2.09. The number of hydrogen-bond acceptors (Lipinski definition) is 2. The first kappa shape index (κ1) is 14.1. The van der Waals surface area contributed by atoms with E-state index in [1.165, 1.54) is 0 Å². The van der Waals surface area contributed by atoms with Crippen LogP contribution >= 0.6 is 0 Å². The molecule has 22 heavy (non-hydrogen) atoms. The van der Waals surface area contributed by atoms with Crippen LogP contribution in [0.2, 0.25) is 0 Å². The van der Waals surface area contributed by atoms with Crippen LogP contribution in [-0.4, -0.2) is 12.1 Å². The van der Waals surface area contributed by atoms with Gasteiger partial charge in [0.1, 0.15) is 5.75 Å². The Morgan fingerprint density at radius 2 is 1.64 bits per heavy atom. The van der Waals surface area contributed by atoms with Crippen LogP contribution in [0.4, 0.5) is 0 Å². The van der Waals surface area contributed by atoms with Gasteiger partial charge in [0.05, 0.1) is 18.5 Å². The van der Waals surface area contributed by atoms with Crippen LogP contribution in [0.25, 0.3) is 28.5 Å². The summed E-state index contributed by atoms with van der Waals surface area (Å²) in [6, 6.07) is 22.3. The maximum Gasteiger partial charge on any atom is 0.128 e. The topological polar surface area (TPSA) is 22.1 Å². The fourth-order valence-electron chi connectivity index (χ4n) is 2.45. The van der Waals surface area contributed by atoms with E-state index < -0.39 is 0 Å². The molecule has 108 valence electrons. The number of benzene rings is 2. The molecule has 2 nitrogen and oxygen atoms in total. The highest BCUT2D eigenvalue weighted by Crippen LogP contribution is 2.31. The number of rotatable bonds is 4. The maximum atomic E-state index is 5.45. The molecule has 0 radical (unpaired) electrons. The number of para-hydroxylation sites is 1. The summed E-state index contributed by atoms with van der Waals surface area (Å²) >= 11 is 0. The maximum absolute atomic E-state index is 5.45. The van der Waals surface area contributed by atoms with Gasteiger partial charge in [0.25, 0.3) is 0 Å². The van der Waals surface area contributed by atoms with Crippen molar-refractivity contribution in [3.63, 3.8) is 0 Å². The van der Waals surface area contributed by atoms with Crippen LogP contribution in [0.15, 0.2) is 73.3 Å². The fourth-order valence-corrected chi connectivity index (χ4v) is 2.45. The minimum atomic E-state index is 0.815. The molecule has 0 spiro atoms. The monoisotopic (exact) mass is 287 g/mol. The van der Waals surface area contributed by atoms with E-state index >= 15 is 0 Å². The lowest BCUT2D eigenvalue weighted by molar-refractivity contribution is 0.416. The molecule has 0 saturated carbocycles. The average molecular weight is 287 g/mol. The van der Waals surface area contributed by atoms with Crippen LogP contribution < -0.4 is 4.74 Å². The molecule has 0 atom stereocenters. The van der Waals surface area contributed by atoms with E-state index in [1.807, 2.05) is 48.5 Å². The van der Waals surface area contributed by atoms with Crippen molar-refractivity contribution in [2.24, 2.45) is 0 Å². The van der Waals surface area contributed by atoms with Gasteiger partial charge in [-0.2, -0.15) is 0 Å². The molecule has 2 heteroatoms. The third-order valence-electron chi connectivity index (χ3n) is 3.54. The van der Waals surface area contributed by atoms with Crippen molar-refractivity contribution >= 4 is 6.08 Å². The lowest BCUT2D eigenvalue weighted by Gasteiger charge is -2.11. The van der Waals surface area contributed by atoms with Gasteiger partial charge in [0, 0.05) is 5.56 Å². The van der Waals surface area contributed by atoms with Crippen molar-refractivity contribution in [1.82, 2.24) is 4.98 Å². The Kier molecular flexibility index (Phi) is 4.01. The molecule has 0 bridgehead atoms. The number of pyridine rings is 1. The van der Waals surface area contributed by atoms with E-state index in [1.54, 1.807) is 13.2 Å². The zero-order valence-electron chi connectivity index (χ0n) is 12.5. The van der Waals surface area contributed by atoms with Gasteiger partial charge < -0.3 is 4.74 Å². The molecule has 0 aliphatic heterocycles. The standard InChI is InChI=1S/C20H17NO/c1-3-17-13-16(15-9-5-4-6-10-15)14-19(21-17)18-11-7-8-12-20(18)22-2/h3-14H,1H2,2H3. The summed E-state index contributed by atoms with van der Waals surface area (Å²) in [5, 5.41) is 0. The highest BCUT2D eigenvalue weighted by atomic mass is 16.5. The van der Waals surface area contributed by atoms with Crippen LogP contribution in [-0.2, 0) is 0 Å². The summed E-state index contributed by atoms with van der Waals surface area (Å²) in [5.74, 6) is 0.815.